The number of aromatic amines is 1. The molecule has 7 heteroatoms. The smallest absolute Gasteiger partial charge is 0.196 e. The van der Waals surface area contributed by atoms with E-state index in [9.17, 15) is 9.59 Å². The van der Waals surface area contributed by atoms with Gasteiger partial charge in [-0.1, -0.05) is 23.7 Å². The van der Waals surface area contributed by atoms with Gasteiger partial charge in [0, 0.05) is 18.8 Å². The predicted molar refractivity (Wildman–Crippen MR) is 104 cm³/mol. The van der Waals surface area contributed by atoms with E-state index in [0.717, 1.165) is 6.29 Å². The number of benzene rings is 1. The van der Waals surface area contributed by atoms with Crippen molar-refractivity contribution >= 4 is 46.1 Å². The minimum absolute atomic E-state index is 0.219. The summed E-state index contributed by atoms with van der Waals surface area (Å²) in [6.07, 6.45) is 4.08. The Labute approximate surface area is 156 Å². The number of anilines is 2. The van der Waals surface area contributed by atoms with Crippen molar-refractivity contribution < 1.29 is 9.59 Å². The second-order valence-electron chi connectivity index (χ2n) is 6.50. The van der Waals surface area contributed by atoms with Gasteiger partial charge in [0.25, 0.3) is 0 Å². The monoisotopic (exact) mass is 370 g/mol. The van der Waals surface area contributed by atoms with E-state index in [1.54, 1.807) is 57.6 Å². The van der Waals surface area contributed by atoms with Crippen LogP contribution in [0.1, 0.15) is 29.8 Å². The number of aromatic nitrogens is 2. The lowest BCUT2D eigenvalue weighted by Crippen LogP contribution is -2.33. The van der Waals surface area contributed by atoms with E-state index in [-0.39, 0.29) is 5.78 Å². The van der Waals surface area contributed by atoms with Gasteiger partial charge in [-0.05, 0) is 26.0 Å². The zero-order valence-corrected chi connectivity index (χ0v) is 15.4. The first-order valence-electron chi connectivity index (χ1n) is 8.09. The van der Waals surface area contributed by atoms with Gasteiger partial charge in [0.05, 0.1) is 39.1 Å². The Morgan fingerprint density at radius 2 is 2.00 bits per heavy atom. The van der Waals surface area contributed by atoms with Crippen LogP contribution in [0.15, 0.2) is 36.7 Å². The second kappa shape index (κ2) is 6.80. The first kappa shape index (κ1) is 17.9. The summed E-state index contributed by atoms with van der Waals surface area (Å²) < 4.78 is 0. The molecule has 0 saturated carbocycles. The zero-order chi connectivity index (χ0) is 18.9. The highest BCUT2D eigenvalue weighted by atomic mass is 35.5. The number of hydrogen-bond acceptors (Lipinski definition) is 5. The van der Waals surface area contributed by atoms with E-state index in [2.05, 4.69) is 20.6 Å². The van der Waals surface area contributed by atoms with E-state index in [0.29, 0.717) is 38.6 Å². The number of aldehydes is 1. The molecule has 0 aliphatic rings. The predicted octanol–water partition coefficient (Wildman–Crippen LogP) is 3.88. The molecule has 2 heterocycles. The summed E-state index contributed by atoms with van der Waals surface area (Å²) in [7, 11) is 1.75. The molecule has 0 radical (unpaired) electrons. The van der Waals surface area contributed by atoms with Crippen molar-refractivity contribution in [2.24, 2.45) is 0 Å². The number of pyridine rings is 1. The van der Waals surface area contributed by atoms with Gasteiger partial charge in [-0.25, -0.2) is 4.98 Å². The number of nitrogens with one attached hydrogen (secondary N) is 3. The Kier molecular flexibility index (Phi) is 4.70. The van der Waals surface area contributed by atoms with Crippen LogP contribution >= 0.6 is 11.6 Å². The highest BCUT2D eigenvalue weighted by Crippen LogP contribution is 2.35. The molecule has 6 nitrogen and oxygen atoms in total. The normalized spacial score (nSPS) is 11.4. The highest BCUT2D eigenvalue weighted by Gasteiger charge is 2.24. The maximum absolute atomic E-state index is 13.1. The van der Waals surface area contributed by atoms with Gasteiger partial charge in [-0.3, -0.25) is 4.79 Å². The summed E-state index contributed by atoms with van der Waals surface area (Å²) in [5, 5.41) is 7.24. The lowest BCUT2D eigenvalue weighted by molar-refractivity contribution is -0.110. The summed E-state index contributed by atoms with van der Waals surface area (Å²) in [5.74, 6) is -0.219. The Morgan fingerprint density at radius 3 is 2.65 bits per heavy atom. The third kappa shape index (κ3) is 3.15. The van der Waals surface area contributed by atoms with Gasteiger partial charge in [-0.2, -0.15) is 0 Å². The van der Waals surface area contributed by atoms with Crippen molar-refractivity contribution in [3.63, 3.8) is 0 Å². The molecule has 26 heavy (non-hydrogen) atoms. The molecule has 0 bridgehead atoms. The number of nitrogens with zero attached hydrogens (tertiary/aromatic N) is 1. The molecule has 0 spiro atoms. The largest absolute Gasteiger partial charge is 0.385 e. The maximum Gasteiger partial charge on any atom is 0.196 e. The highest BCUT2D eigenvalue weighted by molar-refractivity contribution is 6.35. The van der Waals surface area contributed by atoms with Crippen molar-refractivity contribution in [3.05, 3.63) is 52.8 Å². The fraction of sp³-hybridized carbons (Fsp3) is 0.211. The molecule has 1 aromatic carbocycles. The van der Waals surface area contributed by atoms with Crippen molar-refractivity contribution in [1.29, 1.82) is 0 Å². The van der Waals surface area contributed by atoms with Crippen LogP contribution in [-0.2, 0) is 4.79 Å². The first-order chi connectivity index (χ1) is 12.4. The van der Waals surface area contributed by atoms with Crippen LogP contribution in [-0.4, -0.2) is 34.6 Å². The number of fused-ring (bicyclic) bond motifs is 1. The van der Waals surface area contributed by atoms with E-state index < -0.39 is 5.54 Å². The van der Waals surface area contributed by atoms with Crippen LogP contribution in [0.2, 0.25) is 5.02 Å². The summed E-state index contributed by atoms with van der Waals surface area (Å²) in [6.45, 7) is 3.52. The summed E-state index contributed by atoms with van der Waals surface area (Å²) in [6, 6.07) is 6.89. The number of ketones is 1. The number of carbonyl (C=O) groups excluding carboxylic acids is 2. The Morgan fingerprint density at radius 1 is 1.27 bits per heavy atom. The van der Waals surface area contributed by atoms with Gasteiger partial charge >= 0.3 is 0 Å². The molecular weight excluding hydrogens is 352 g/mol. The summed E-state index contributed by atoms with van der Waals surface area (Å²) >= 11 is 6.19. The van der Waals surface area contributed by atoms with Gasteiger partial charge in [0.1, 0.15) is 11.9 Å². The Hall–Kier alpha value is -2.86. The van der Waals surface area contributed by atoms with Crippen molar-refractivity contribution in [2.45, 2.75) is 19.4 Å². The number of halogens is 1. The van der Waals surface area contributed by atoms with Crippen LogP contribution in [0.5, 0.6) is 0 Å². The molecular formula is C19H19ClN4O2. The molecule has 0 saturated heterocycles. The SMILES string of the molecule is CNc1cnc2[nH]cc(C(=O)c3ccccc3Cl)c2c1NC(C)(C)C=O. The number of rotatable bonds is 6. The molecule has 0 unspecified atom stereocenters. The maximum atomic E-state index is 13.1. The van der Waals surface area contributed by atoms with Gasteiger partial charge < -0.3 is 20.4 Å². The topological polar surface area (TPSA) is 86.9 Å². The van der Waals surface area contributed by atoms with Crippen molar-refractivity contribution in [3.8, 4) is 0 Å². The Balaban J connectivity index is 2.23. The average Bonchev–Trinajstić information content (AvgIpc) is 3.06. The van der Waals surface area contributed by atoms with Crippen molar-refractivity contribution in [2.75, 3.05) is 17.7 Å². The van der Waals surface area contributed by atoms with Crippen LogP contribution in [0.25, 0.3) is 11.0 Å². The summed E-state index contributed by atoms with van der Waals surface area (Å²) in [5.41, 5.74) is 1.88. The number of carbonyl (C=O) groups is 2. The molecule has 3 N–H and O–H groups in total. The molecule has 0 aliphatic heterocycles. The fourth-order valence-electron chi connectivity index (χ4n) is 2.74. The molecule has 0 fully saturated rings. The standard InChI is InChI=1S/C19H19ClN4O2/c1-19(2,10-25)24-16-14(21-3)9-23-18-15(16)12(8-22-18)17(26)11-6-4-5-7-13(11)20/h4-10,21H,1-3H3,(H2,22,23,24). The van der Waals surface area contributed by atoms with Crippen molar-refractivity contribution in [1.82, 2.24) is 9.97 Å². The fourth-order valence-corrected chi connectivity index (χ4v) is 2.96. The molecule has 2 aromatic heterocycles. The quantitative estimate of drug-likeness (QED) is 0.453. The minimum Gasteiger partial charge on any atom is -0.385 e. The van der Waals surface area contributed by atoms with E-state index >= 15 is 0 Å². The molecule has 3 rings (SSSR count). The van der Waals surface area contributed by atoms with E-state index in [1.165, 1.54) is 0 Å². The summed E-state index contributed by atoms with van der Waals surface area (Å²) in [4.78, 5) is 31.9. The van der Waals surface area contributed by atoms with E-state index in [4.69, 9.17) is 11.6 Å². The van der Waals surface area contributed by atoms with Crippen LogP contribution in [0.3, 0.4) is 0 Å². The Bertz CT molecular complexity index is 994. The molecule has 0 atom stereocenters. The third-order valence-electron chi connectivity index (χ3n) is 4.08. The average molecular weight is 371 g/mol. The molecule has 0 amide bonds. The molecule has 134 valence electrons. The first-order valence-corrected chi connectivity index (χ1v) is 8.47. The van der Waals surface area contributed by atoms with Gasteiger partial charge in [0.15, 0.2) is 5.78 Å². The van der Waals surface area contributed by atoms with Crippen LogP contribution < -0.4 is 10.6 Å². The molecule has 0 aliphatic carbocycles. The van der Waals surface area contributed by atoms with Gasteiger partial charge in [-0.15, -0.1) is 0 Å². The van der Waals surface area contributed by atoms with E-state index in [1.807, 2.05) is 0 Å². The number of H-pyrrole nitrogens is 1. The lowest BCUT2D eigenvalue weighted by Gasteiger charge is -2.23. The minimum atomic E-state index is -0.818. The zero-order valence-electron chi connectivity index (χ0n) is 14.7. The van der Waals surface area contributed by atoms with Crippen LogP contribution in [0, 0.1) is 0 Å². The second-order valence-corrected chi connectivity index (χ2v) is 6.90. The lowest BCUT2D eigenvalue weighted by atomic mass is 10.0. The third-order valence-corrected chi connectivity index (χ3v) is 4.41. The van der Waals surface area contributed by atoms with Crippen LogP contribution in [0.4, 0.5) is 11.4 Å². The van der Waals surface area contributed by atoms with Gasteiger partial charge in [0.2, 0.25) is 0 Å². The molecule has 3 aromatic rings. The number of hydrogen-bond donors (Lipinski definition) is 3.